The first-order valence-corrected chi connectivity index (χ1v) is 9.17. The Bertz CT molecular complexity index is 518. The maximum absolute atomic E-state index is 5.69. The van der Waals surface area contributed by atoms with Gasteiger partial charge in [0.05, 0.1) is 6.61 Å². The SMILES string of the molecule is CCCOc1cccc(CNC(=NC)NCC2CCCN2CC)c1. The summed E-state index contributed by atoms with van der Waals surface area (Å²) in [6.45, 7) is 9.15. The first-order chi connectivity index (χ1) is 11.8. The second kappa shape index (κ2) is 10.2. The number of rotatable bonds is 8. The number of ether oxygens (including phenoxy) is 1. The highest BCUT2D eigenvalue weighted by atomic mass is 16.5. The van der Waals surface area contributed by atoms with E-state index in [0.717, 1.165) is 44.4 Å². The average Bonchev–Trinajstić information content (AvgIpc) is 3.08. The highest BCUT2D eigenvalue weighted by Gasteiger charge is 2.22. The molecule has 24 heavy (non-hydrogen) atoms. The molecule has 1 heterocycles. The Kier molecular flexibility index (Phi) is 7.89. The minimum absolute atomic E-state index is 0.624. The van der Waals surface area contributed by atoms with Gasteiger partial charge in [-0.05, 0) is 50.0 Å². The third-order valence-electron chi connectivity index (χ3n) is 4.47. The van der Waals surface area contributed by atoms with Crippen molar-refractivity contribution in [3.05, 3.63) is 29.8 Å². The Labute approximate surface area is 146 Å². The van der Waals surface area contributed by atoms with Crippen molar-refractivity contribution in [2.24, 2.45) is 4.99 Å². The van der Waals surface area contributed by atoms with Crippen LogP contribution in [0.5, 0.6) is 5.75 Å². The van der Waals surface area contributed by atoms with Crippen molar-refractivity contribution >= 4 is 5.96 Å². The third kappa shape index (κ3) is 5.71. The van der Waals surface area contributed by atoms with E-state index >= 15 is 0 Å². The largest absolute Gasteiger partial charge is 0.494 e. The Morgan fingerprint density at radius 1 is 1.33 bits per heavy atom. The fourth-order valence-electron chi connectivity index (χ4n) is 3.13. The molecule has 1 aliphatic heterocycles. The molecule has 1 aliphatic rings. The van der Waals surface area contributed by atoms with Crippen molar-refractivity contribution in [1.29, 1.82) is 0 Å². The van der Waals surface area contributed by atoms with Gasteiger partial charge in [-0.25, -0.2) is 0 Å². The summed E-state index contributed by atoms with van der Waals surface area (Å²) in [6.07, 6.45) is 3.60. The van der Waals surface area contributed by atoms with E-state index in [2.05, 4.69) is 46.5 Å². The zero-order chi connectivity index (χ0) is 17.2. The van der Waals surface area contributed by atoms with Crippen molar-refractivity contribution in [1.82, 2.24) is 15.5 Å². The number of benzene rings is 1. The smallest absolute Gasteiger partial charge is 0.191 e. The first-order valence-electron chi connectivity index (χ1n) is 9.17. The van der Waals surface area contributed by atoms with Crippen LogP contribution in [-0.4, -0.2) is 50.2 Å². The third-order valence-corrected chi connectivity index (χ3v) is 4.47. The van der Waals surface area contributed by atoms with Gasteiger partial charge in [-0.1, -0.05) is 26.0 Å². The van der Waals surface area contributed by atoms with Crippen molar-refractivity contribution in [3.8, 4) is 5.75 Å². The number of likely N-dealkylation sites (tertiary alicyclic amines) is 1. The fourth-order valence-corrected chi connectivity index (χ4v) is 3.13. The molecule has 1 atom stereocenters. The monoisotopic (exact) mass is 332 g/mol. The molecular formula is C19H32N4O. The molecule has 5 nitrogen and oxygen atoms in total. The fraction of sp³-hybridized carbons (Fsp3) is 0.632. The molecule has 0 bridgehead atoms. The van der Waals surface area contributed by atoms with E-state index in [1.54, 1.807) is 0 Å². The predicted octanol–water partition coefficient (Wildman–Crippen LogP) is 2.62. The van der Waals surface area contributed by atoms with E-state index in [-0.39, 0.29) is 0 Å². The minimum atomic E-state index is 0.624. The summed E-state index contributed by atoms with van der Waals surface area (Å²) < 4.78 is 5.69. The molecule has 1 fully saturated rings. The van der Waals surface area contributed by atoms with Crippen LogP contribution in [0.1, 0.15) is 38.7 Å². The molecule has 0 amide bonds. The van der Waals surface area contributed by atoms with E-state index < -0.39 is 0 Å². The van der Waals surface area contributed by atoms with Gasteiger partial charge in [0, 0.05) is 26.2 Å². The molecule has 1 unspecified atom stereocenters. The zero-order valence-corrected chi connectivity index (χ0v) is 15.3. The van der Waals surface area contributed by atoms with Gasteiger partial charge in [0.15, 0.2) is 5.96 Å². The summed E-state index contributed by atoms with van der Waals surface area (Å²) in [7, 11) is 1.82. The number of hydrogen-bond donors (Lipinski definition) is 2. The van der Waals surface area contributed by atoms with Gasteiger partial charge in [-0.15, -0.1) is 0 Å². The van der Waals surface area contributed by atoms with Crippen LogP contribution in [0.2, 0.25) is 0 Å². The highest BCUT2D eigenvalue weighted by Crippen LogP contribution is 2.15. The molecule has 0 radical (unpaired) electrons. The van der Waals surface area contributed by atoms with Crippen LogP contribution in [0.25, 0.3) is 0 Å². The lowest BCUT2D eigenvalue weighted by Crippen LogP contribution is -2.44. The van der Waals surface area contributed by atoms with Crippen molar-refractivity contribution in [3.63, 3.8) is 0 Å². The van der Waals surface area contributed by atoms with Crippen LogP contribution in [0.4, 0.5) is 0 Å². The van der Waals surface area contributed by atoms with Gasteiger partial charge in [-0.2, -0.15) is 0 Å². The maximum atomic E-state index is 5.69. The van der Waals surface area contributed by atoms with Crippen molar-refractivity contribution in [2.45, 2.75) is 45.7 Å². The molecule has 2 N–H and O–H groups in total. The van der Waals surface area contributed by atoms with Crippen LogP contribution in [0, 0.1) is 0 Å². The molecule has 0 aromatic heterocycles. The van der Waals surface area contributed by atoms with Gasteiger partial charge in [0.1, 0.15) is 5.75 Å². The Hall–Kier alpha value is -1.75. The number of nitrogens with zero attached hydrogens (tertiary/aromatic N) is 2. The summed E-state index contributed by atoms with van der Waals surface area (Å²) in [5, 5.41) is 6.85. The highest BCUT2D eigenvalue weighted by molar-refractivity contribution is 5.79. The van der Waals surface area contributed by atoms with Crippen LogP contribution >= 0.6 is 0 Å². The molecule has 0 saturated carbocycles. The molecule has 0 aliphatic carbocycles. The van der Waals surface area contributed by atoms with Gasteiger partial charge in [0.25, 0.3) is 0 Å². The summed E-state index contributed by atoms with van der Waals surface area (Å²) in [4.78, 5) is 6.87. The maximum Gasteiger partial charge on any atom is 0.191 e. The van der Waals surface area contributed by atoms with Gasteiger partial charge >= 0.3 is 0 Å². The van der Waals surface area contributed by atoms with Crippen LogP contribution in [0.3, 0.4) is 0 Å². The molecular weight excluding hydrogens is 300 g/mol. The van der Waals surface area contributed by atoms with E-state index in [1.807, 2.05) is 19.2 Å². The first kappa shape index (κ1) is 18.6. The molecule has 1 saturated heterocycles. The standard InChI is InChI=1S/C19H32N4O/c1-4-12-24-18-10-6-8-16(13-18)14-21-19(20-3)22-15-17-9-7-11-23(17)5-2/h6,8,10,13,17H,4-5,7,9,11-12,14-15H2,1-3H3,(H2,20,21,22). The molecule has 1 aromatic carbocycles. The molecule has 0 spiro atoms. The quantitative estimate of drug-likeness (QED) is 0.567. The lowest BCUT2D eigenvalue weighted by Gasteiger charge is -2.24. The number of hydrogen-bond acceptors (Lipinski definition) is 3. The number of nitrogens with one attached hydrogen (secondary N) is 2. The molecule has 134 valence electrons. The lowest BCUT2D eigenvalue weighted by molar-refractivity contribution is 0.267. The van der Waals surface area contributed by atoms with Crippen LogP contribution in [-0.2, 0) is 6.54 Å². The van der Waals surface area contributed by atoms with Gasteiger partial charge in [-0.3, -0.25) is 9.89 Å². The second-order valence-electron chi connectivity index (χ2n) is 6.23. The summed E-state index contributed by atoms with van der Waals surface area (Å²) in [5.74, 6) is 1.79. The second-order valence-corrected chi connectivity index (χ2v) is 6.23. The number of aliphatic imine (C=N–C) groups is 1. The normalized spacial score (nSPS) is 18.6. The molecule has 1 aromatic rings. The van der Waals surface area contributed by atoms with Crippen molar-refractivity contribution in [2.75, 3.05) is 33.3 Å². The average molecular weight is 332 g/mol. The van der Waals surface area contributed by atoms with Crippen LogP contribution < -0.4 is 15.4 Å². The van der Waals surface area contributed by atoms with Gasteiger partial charge < -0.3 is 15.4 Å². The van der Waals surface area contributed by atoms with E-state index in [9.17, 15) is 0 Å². The van der Waals surface area contributed by atoms with Crippen molar-refractivity contribution < 1.29 is 4.74 Å². The van der Waals surface area contributed by atoms with E-state index in [0.29, 0.717) is 6.04 Å². The Morgan fingerprint density at radius 2 is 2.21 bits per heavy atom. The number of likely N-dealkylation sites (N-methyl/N-ethyl adjacent to an activating group) is 1. The molecule has 5 heteroatoms. The summed E-state index contributed by atoms with van der Waals surface area (Å²) in [6, 6.07) is 8.86. The van der Waals surface area contributed by atoms with E-state index in [4.69, 9.17) is 4.74 Å². The zero-order valence-electron chi connectivity index (χ0n) is 15.3. The Morgan fingerprint density at radius 3 is 2.96 bits per heavy atom. The molecule has 2 rings (SSSR count). The van der Waals surface area contributed by atoms with Crippen LogP contribution in [0.15, 0.2) is 29.3 Å². The number of guanidine groups is 1. The summed E-state index contributed by atoms with van der Waals surface area (Å²) in [5.41, 5.74) is 1.20. The lowest BCUT2D eigenvalue weighted by atomic mass is 10.2. The van der Waals surface area contributed by atoms with E-state index in [1.165, 1.54) is 24.9 Å². The predicted molar refractivity (Wildman–Crippen MR) is 101 cm³/mol. The summed E-state index contributed by atoms with van der Waals surface area (Å²) >= 11 is 0. The topological polar surface area (TPSA) is 48.9 Å². The Balaban J connectivity index is 1.79. The minimum Gasteiger partial charge on any atom is -0.494 e. The van der Waals surface area contributed by atoms with Gasteiger partial charge in [0.2, 0.25) is 0 Å².